The summed E-state index contributed by atoms with van der Waals surface area (Å²) in [6.45, 7) is 9.26. The van der Waals surface area contributed by atoms with Crippen LogP contribution in [0.5, 0.6) is 5.75 Å². The van der Waals surface area contributed by atoms with Crippen molar-refractivity contribution in [3.8, 4) is 17.0 Å². The summed E-state index contributed by atoms with van der Waals surface area (Å²) in [7, 11) is 0. The number of amides is 1. The number of carboxylic acids is 1. The molecule has 1 aliphatic carbocycles. The third kappa shape index (κ3) is 6.40. The van der Waals surface area contributed by atoms with Crippen LogP contribution in [0.4, 0.5) is 4.79 Å². The molecule has 0 radical (unpaired) electrons. The zero-order valence-corrected chi connectivity index (χ0v) is 25.8. The fourth-order valence-corrected chi connectivity index (χ4v) is 7.24. The molecule has 1 saturated heterocycles. The predicted molar refractivity (Wildman–Crippen MR) is 168 cm³/mol. The molecule has 8 heteroatoms. The van der Waals surface area contributed by atoms with Crippen molar-refractivity contribution in [2.75, 3.05) is 19.7 Å². The maximum Gasteiger partial charge on any atom is 0.408 e. The summed E-state index contributed by atoms with van der Waals surface area (Å²) in [6, 6.07) is 11.6. The molecular weight excluding hydrogens is 542 g/mol. The highest BCUT2D eigenvalue weighted by atomic mass is 16.6. The van der Waals surface area contributed by atoms with Crippen molar-refractivity contribution in [2.24, 2.45) is 0 Å². The van der Waals surface area contributed by atoms with Gasteiger partial charge in [0.1, 0.15) is 18.0 Å². The molecule has 2 N–H and O–H groups in total. The van der Waals surface area contributed by atoms with Crippen LogP contribution in [0.3, 0.4) is 0 Å². The Morgan fingerprint density at radius 2 is 1.77 bits per heavy atom. The maximum atomic E-state index is 13.0. The largest absolute Gasteiger partial charge is 0.490 e. The van der Waals surface area contributed by atoms with Gasteiger partial charge in [-0.05, 0) is 89.2 Å². The number of para-hydroxylation sites is 1. The van der Waals surface area contributed by atoms with E-state index in [1.807, 2.05) is 26.8 Å². The lowest BCUT2D eigenvalue weighted by atomic mass is 9.81. The van der Waals surface area contributed by atoms with Gasteiger partial charge in [0.2, 0.25) is 0 Å². The number of rotatable bonds is 5. The van der Waals surface area contributed by atoms with Crippen molar-refractivity contribution in [3.05, 3.63) is 53.1 Å². The molecule has 230 valence electrons. The van der Waals surface area contributed by atoms with Crippen LogP contribution in [0, 0.1) is 0 Å². The van der Waals surface area contributed by atoms with Crippen LogP contribution in [-0.4, -0.2) is 58.0 Å². The molecule has 0 unspecified atom stereocenters. The minimum atomic E-state index is -0.946. The lowest BCUT2D eigenvalue weighted by molar-refractivity contribution is 0.0480. The number of nitrogens with zero attached hydrogens (tertiary/aromatic N) is 2. The number of piperidine rings is 1. The number of likely N-dealkylation sites (tertiary alicyclic amines) is 1. The smallest absolute Gasteiger partial charge is 0.408 e. The first kappa shape index (κ1) is 29.5. The second-order valence-corrected chi connectivity index (χ2v) is 13.5. The molecule has 1 saturated carbocycles. The summed E-state index contributed by atoms with van der Waals surface area (Å²) in [5.41, 5.74) is 5.10. The van der Waals surface area contributed by atoms with E-state index in [1.54, 1.807) is 12.1 Å². The van der Waals surface area contributed by atoms with E-state index in [0.29, 0.717) is 12.5 Å². The van der Waals surface area contributed by atoms with Crippen molar-refractivity contribution in [2.45, 2.75) is 103 Å². The highest BCUT2D eigenvalue weighted by molar-refractivity contribution is 5.99. The molecule has 2 fully saturated rings. The van der Waals surface area contributed by atoms with Crippen molar-refractivity contribution < 1.29 is 24.2 Å². The number of alkyl carbamates (subject to hydrolysis) is 1. The summed E-state index contributed by atoms with van der Waals surface area (Å²) >= 11 is 0. The van der Waals surface area contributed by atoms with Gasteiger partial charge in [0.05, 0.1) is 17.3 Å². The Bertz CT molecular complexity index is 1490. The van der Waals surface area contributed by atoms with E-state index in [1.165, 1.54) is 44.1 Å². The Morgan fingerprint density at radius 3 is 2.49 bits per heavy atom. The number of aromatic carboxylic acids is 1. The van der Waals surface area contributed by atoms with E-state index in [2.05, 4.69) is 33.0 Å². The van der Waals surface area contributed by atoms with Gasteiger partial charge in [0.15, 0.2) is 0 Å². The summed E-state index contributed by atoms with van der Waals surface area (Å²) in [4.78, 5) is 27.6. The zero-order valence-electron chi connectivity index (χ0n) is 25.8. The lowest BCUT2D eigenvalue weighted by Gasteiger charge is -2.31. The third-order valence-electron chi connectivity index (χ3n) is 9.11. The van der Waals surface area contributed by atoms with Crippen molar-refractivity contribution in [1.82, 2.24) is 14.8 Å². The number of carbonyl (C=O) groups is 2. The van der Waals surface area contributed by atoms with Gasteiger partial charge in [0, 0.05) is 35.1 Å². The van der Waals surface area contributed by atoms with Gasteiger partial charge in [-0.2, -0.15) is 0 Å². The molecule has 0 bridgehead atoms. The van der Waals surface area contributed by atoms with Crippen LogP contribution in [0.15, 0.2) is 36.4 Å². The van der Waals surface area contributed by atoms with Gasteiger partial charge in [-0.1, -0.05) is 43.9 Å². The number of nitrogens with one attached hydrogen (secondary N) is 1. The summed E-state index contributed by atoms with van der Waals surface area (Å²) in [5, 5.41) is 14.1. The topological polar surface area (TPSA) is 93.0 Å². The van der Waals surface area contributed by atoms with Crippen molar-refractivity contribution in [1.29, 1.82) is 0 Å². The van der Waals surface area contributed by atoms with Gasteiger partial charge < -0.3 is 24.5 Å². The minimum Gasteiger partial charge on any atom is -0.490 e. The number of aromatic nitrogens is 1. The van der Waals surface area contributed by atoms with Gasteiger partial charge >= 0.3 is 12.1 Å². The molecule has 0 spiro atoms. The van der Waals surface area contributed by atoms with Gasteiger partial charge in [-0.3, -0.25) is 4.90 Å². The number of fused-ring (bicyclic) bond motifs is 5. The Labute approximate surface area is 254 Å². The average molecular weight is 588 g/mol. The van der Waals surface area contributed by atoms with E-state index in [0.717, 1.165) is 65.9 Å². The first-order valence-electron chi connectivity index (χ1n) is 16.0. The number of carboxylic acid groups (broad SMARTS) is 1. The van der Waals surface area contributed by atoms with Gasteiger partial charge in [-0.15, -0.1) is 0 Å². The second kappa shape index (κ2) is 12.2. The SMILES string of the molecule is CC(C)(C)OC(=O)N[C@H]1COc2c(CN3CCCCC3)cccc2-c2c(C3CCCCC3)c3ccc(C(=O)O)cc3n2C1. The monoisotopic (exact) mass is 587 g/mol. The van der Waals surface area contributed by atoms with Crippen molar-refractivity contribution in [3.63, 3.8) is 0 Å². The van der Waals surface area contributed by atoms with E-state index in [4.69, 9.17) is 9.47 Å². The Morgan fingerprint density at radius 1 is 1.02 bits per heavy atom. The Kier molecular flexibility index (Phi) is 8.40. The first-order valence-corrected chi connectivity index (χ1v) is 16.0. The highest BCUT2D eigenvalue weighted by Gasteiger charge is 2.32. The molecule has 2 aliphatic heterocycles. The molecular formula is C35H45N3O5. The van der Waals surface area contributed by atoms with Crippen LogP contribution >= 0.6 is 0 Å². The number of hydrogen-bond acceptors (Lipinski definition) is 5. The zero-order chi connectivity index (χ0) is 30.1. The third-order valence-corrected chi connectivity index (χ3v) is 9.11. The summed E-state index contributed by atoms with van der Waals surface area (Å²) < 4.78 is 14.6. The minimum absolute atomic E-state index is 0.261. The van der Waals surface area contributed by atoms with E-state index in [9.17, 15) is 14.7 Å². The molecule has 1 amide bonds. The Balaban J connectivity index is 1.53. The second-order valence-electron chi connectivity index (χ2n) is 13.5. The lowest BCUT2D eigenvalue weighted by Crippen LogP contribution is -2.45. The number of ether oxygens (including phenoxy) is 2. The van der Waals surface area contributed by atoms with Gasteiger partial charge in [0.25, 0.3) is 0 Å². The number of benzene rings is 2. The maximum absolute atomic E-state index is 13.0. The standard InChI is InChI=1S/C35H45N3O5/c1-35(2,3)43-34(41)36-26-21-38-29-19-24(33(39)40)15-16-27(29)30(23-11-6-4-7-12-23)31(38)28-14-10-13-25(32(28)42-22-26)20-37-17-8-5-9-18-37/h10,13-16,19,23,26H,4-9,11-12,17-18,20-22H2,1-3H3,(H,36,41)(H,39,40)/t26-/m1/s1. The van der Waals surface area contributed by atoms with Crippen LogP contribution < -0.4 is 10.1 Å². The molecule has 1 atom stereocenters. The normalized spacial score (nSPS) is 19.9. The fraction of sp³-hybridized carbons (Fsp3) is 0.543. The molecule has 3 aliphatic rings. The Hall–Kier alpha value is -3.52. The molecule has 3 aromatic rings. The van der Waals surface area contributed by atoms with E-state index >= 15 is 0 Å². The quantitative estimate of drug-likeness (QED) is 0.325. The fourth-order valence-electron chi connectivity index (χ4n) is 7.24. The first-order chi connectivity index (χ1) is 20.7. The highest BCUT2D eigenvalue weighted by Crippen LogP contribution is 2.48. The number of hydrogen-bond donors (Lipinski definition) is 2. The summed E-state index contributed by atoms with van der Waals surface area (Å²) in [5.74, 6) is 0.292. The van der Waals surface area contributed by atoms with Crippen LogP contribution in [0.1, 0.15) is 99.5 Å². The molecule has 3 heterocycles. The molecule has 8 nitrogen and oxygen atoms in total. The van der Waals surface area contributed by atoms with Crippen LogP contribution in [0.25, 0.3) is 22.2 Å². The number of carbonyl (C=O) groups excluding carboxylic acids is 1. The van der Waals surface area contributed by atoms with Crippen LogP contribution in [-0.2, 0) is 17.8 Å². The summed E-state index contributed by atoms with van der Waals surface area (Å²) in [6.07, 6.45) is 9.05. The van der Waals surface area contributed by atoms with E-state index < -0.39 is 17.7 Å². The van der Waals surface area contributed by atoms with Gasteiger partial charge in [-0.25, -0.2) is 9.59 Å². The molecule has 1 aromatic heterocycles. The van der Waals surface area contributed by atoms with E-state index in [-0.39, 0.29) is 18.2 Å². The average Bonchev–Trinajstić information content (AvgIpc) is 3.27. The molecule has 6 rings (SSSR count). The van der Waals surface area contributed by atoms with Crippen molar-refractivity contribution >= 4 is 23.0 Å². The van der Waals surface area contributed by atoms with Crippen LogP contribution in [0.2, 0.25) is 0 Å². The predicted octanol–water partition coefficient (Wildman–Crippen LogP) is 7.33. The molecule has 2 aromatic carbocycles. The molecule has 43 heavy (non-hydrogen) atoms.